The highest BCUT2D eigenvalue weighted by molar-refractivity contribution is 7.07. The van der Waals surface area contributed by atoms with Gasteiger partial charge >= 0.3 is 0 Å². The minimum absolute atomic E-state index is 0.190. The number of carbonyl (C=O) groups is 2. The fourth-order valence-electron chi connectivity index (χ4n) is 2.68. The summed E-state index contributed by atoms with van der Waals surface area (Å²) in [5.74, 6) is 0.105. The van der Waals surface area contributed by atoms with Gasteiger partial charge in [0.05, 0.1) is 40.6 Å². The molecule has 162 valence electrons. The first-order chi connectivity index (χ1) is 14.9. The molecule has 0 spiro atoms. The van der Waals surface area contributed by atoms with Crippen LogP contribution >= 0.6 is 34.5 Å². The summed E-state index contributed by atoms with van der Waals surface area (Å²) in [5, 5.41) is 5.15. The van der Waals surface area contributed by atoms with Gasteiger partial charge in [0.15, 0.2) is 11.5 Å². The molecule has 0 saturated carbocycles. The number of amides is 2. The average molecular weight is 480 g/mol. The lowest BCUT2D eigenvalue weighted by Gasteiger charge is -2.18. The van der Waals surface area contributed by atoms with Crippen LogP contribution in [0.2, 0.25) is 10.0 Å². The Balaban J connectivity index is 1.64. The predicted molar refractivity (Wildman–Crippen MR) is 121 cm³/mol. The van der Waals surface area contributed by atoms with Crippen molar-refractivity contribution >= 4 is 52.0 Å². The van der Waals surface area contributed by atoms with E-state index in [1.165, 1.54) is 30.4 Å². The molecular formula is C21H19Cl2N3O4S. The monoisotopic (exact) mass is 479 g/mol. The summed E-state index contributed by atoms with van der Waals surface area (Å²) in [6.45, 7) is 0.0998. The predicted octanol–water partition coefficient (Wildman–Crippen LogP) is 4.75. The zero-order chi connectivity index (χ0) is 22.4. The summed E-state index contributed by atoms with van der Waals surface area (Å²) in [4.78, 5) is 30.6. The smallest absolute Gasteiger partial charge is 0.254 e. The van der Waals surface area contributed by atoms with E-state index in [0.717, 1.165) is 5.69 Å². The zero-order valence-electron chi connectivity index (χ0n) is 16.7. The first-order valence-corrected chi connectivity index (χ1v) is 10.8. The van der Waals surface area contributed by atoms with E-state index in [9.17, 15) is 9.59 Å². The minimum atomic E-state index is -0.430. The number of thiazole rings is 1. The number of halogens is 2. The molecule has 0 unspecified atom stereocenters. The number of rotatable bonds is 8. The molecule has 7 nitrogen and oxygen atoms in total. The van der Waals surface area contributed by atoms with Crippen molar-refractivity contribution in [1.29, 1.82) is 0 Å². The number of anilines is 1. The Bertz CT molecular complexity index is 1060. The molecule has 0 aliphatic heterocycles. The van der Waals surface area contributed by atoms with Gasteiger partial charge in [0.25, 0.3) is 5.91 Å². The van der Waals surface area contributed by atoms with E-state index in [-0.39, 0.29) is 19.1 Å². The number of hydrogen-bond acceptors (Lipinski definition) is 6. The molecule has 10 heteroatoms. The Hall–Kier alpha value is -2.81. The molecule has 0 saturated heterocycles. The second-order valence-corrected chi connectivity index (χ2v) is 7.97. The fraction of sp³-hybridized carbons (Fsp3) is 0.190. The second-order valence-electron chi connectivity index (χ2n) is 6.44. The van der Waals surface area contributed by atoms with E-state index in [1.54, 1.807) is 41.9 Å². The third kappa shape index (κ3) is 5.88. The highest BCUT2D eigenvalue weighted by atomic mass is 35.5. The van der Waals surface area contributed by atoms with Gasteiger partial charge in [-0.05, 0) is 30.3 Å². The third-order valence-electron chi connectivity index (χ3n) is 4.22. The molecule has 1 aromatic heterocycles. The van der Waals surface area contributed by atoms with E-state index >= 15 is 0 Å². The van der Waals surface area contributed by atoms with Crippen molar-refractivity contribution in [3.8, 4) is 11.5 Å². The molecule has 0 fully saturated rings. The number of ether oxygens (including phenoxy) is 2. The van der Waals surface area contributed by atoms with Crippen molar-refractivity contribution in [1.82, 2.24) is 9.88 Å². The van der Waals surface area contributed by atoms with Crippen LogP contribution in [0.15, 0.2) is 47.3 Å². The number of benzene rings is 2. The number of para-hydroxylation sites is 1. The van der Waals surface area contributed by atoms with E-state index in [1.807, 2.05) is 5.38 Å². The Morgan fingerprint density at radius 2 is 1.90 bits per heavy atom. The molecule has 1 N–H and O–H groups in total. The van der Waals surface area contributed by atoms with Crippen molar-refractivity contribution in [2.24, 2.45) is 0 Å². The molecule has 31 heavy (non-hydrogen) atoms. The molecule has 1 heterocycles. The fourth-order valence-corrected chi connectivity index (χ4v) is 3.72. The van der Waals surface area contributed by atoms with Crippen LogP contribution < -0.4 is 14.8 Å². The van der Waals surface area contributed by atoms with Gasteiger partial charge in [0, 0.05) is 18.0 Å². The molecule has 2 amide bonds. The van der Waals surface area contributed by atoms with Crippen molar-refractivity contribution in [3.63, 3.8) is 0 Å². The molecule has 3 rings (SSSR count). The number of hydrogen-bond donors (Lipinski definition) is 1. The number of carbonyl (C=O) groups excluding carboxylic acids is 2. The van der Waals surface area contributed by atoms with Gasteiger partial charge in [-0.2, -0.15) is 0 Å². The lowest BCUT2D eigenvalue weighted by atomic mass is 10.1. The summed E-state index contributed by atoms with van der Waals surface area (Å²) < 4.78 is 11.1. The number of likely N-dealkylation sites (N-methyl/N-ethyl adjacent to an activating group) is 1. The van der Waals surface area contributed by atoms with Crippen LogP contribution in [0.5, 0.6) is 11.5 Å². The third-order valence-corrected chi connectivity index (χ3v) is 5.49. The van der Waals surface area contributed by atoms with E-state index in [2.05, 4.69) is 10.3 Å². The topological polar surface area (TPSA) is 80.8 Å². The van der Waals surface area contributed by atoms with E-state index < -0.39 is 5.91 Å². The van der Waals surface area contributed by atoms with Crippen molar-refractivity contribution in [2.45, 2.75) is 6.61 Å². The largest absolute Gasteiger partial charge is 0.493 e. The summed E-state index contributed by atoms with van der Waals surface area (Å²) >= 11 is 13.6. The second kappa shape index (κ2) is 10.5. The van der Waals surface area contributed by atoms with Crippen molar-refractivity contribution in [2.75, 3.05) is 26.0 Å². The van der Waals surface area contributed by atoms with Gasteiger partial charge in [0.2, 0.25) is 5.91 Å². The number of methoxy groups -OCH3 is 1. The summed E-state index contributed by atoms with van der Waals surface area (Å²) in [5.41, 5.74) is 3.18. The lowest BCUT2D eigenvalue weighted by Crippen LogP contribution is -2.35. The number of nitrogens with one attached hydrogen (secondary N) is 1. The van der Waals surface area contributed by atoms with Crippen LogP contribution in [0.25, 0.3) is 0 Å². The molecule has 0 bridgehead atoms. The normalized spacial score (nSPS) is 10.5. The SMILES string of the molecule is COc1cc(C(=O)N(C)CC(=O)Nc2c(Cl)cccc2Cl)ccc1OCc1cscn1. The van der Waals surface area contributed by atoms with Gasteiger partial charge in [-0.25, -0.2) is 4.98 Å². The van der Waals surface area contributed by atoms with Gasteiger partial charge in [-0.15, -0.1) is 11.3 Å². The van der Waals surface area contributed by atoms with Crippen molar-refractivity contribution < 1.29 is 19.1 Å². The maximum Gasteiger partial charge on any atom is 0.254 e. The number of aromatic nitrogens is 1. The first kappa shape index (κ1) is 22.9. The highest BCUT2D eigenvalue weighted by Gasteiger charge is 2.18. The van der Waals surface area contributed by atoms with Gasteiger partial charge in [0.1, 0.15) is 6.61 Å². The summed E-state index contributed by atoms with van der Waals surface area (Å²) in [6.07, 6.45) is 0. The summed E-state index contributed by atoms with van der Waals surface area (Å²) in [6, 6.07) is 9.73. The Morgan fingerprint density at radius 1 is 1.16 bits per heavy atom. The quantitative estimate of drug-likeness (QED) is 0.504. The van der Waals surface area contributed by atoms with Crippen LogP contribution in [0, 0.1) is 0 Å². The standard InChI is InChI=1S/C21H19Cl2N3O4S/c1-26(9-19(27)25-20-15(22)4-3-5-16(20)23)21(28)13-6-7-17(18(8-13)29-2)30-10-14-11-31-12-24-14/h3-8,11-12H,9-10H2,1-2H3,(H,25,27). The molecule has 2 aromatic carbocycles. The minimum Gasteiger partial charge on any atom is -0.493 e. The molecule has 0 aliphatic carbocycles. The van der Waals surface area contributed by atoms with E-state index in [0.29, 0.717) is 32.8 Å². The van der Waals surface area contributed by atoms with E-state index in [4.69, 9.17) is 32.7 Å². The Kier molecular flexibility index (Phi) is 7.73. The molecule has 0 atom stereocenters. The maximum absolute atomic E-state index is 12.8. The van der Waals surface area contributed by atoms with Crippen molar-refractivity contribution in [3.05, 3.63) is 68.6 Å². The molecule has 0 aliphatic rings. The first-order valence-electron chi connectivity index (χ1n) is 9.06. The highest BCUT2D eigenvalue weighted by Crippen LogP contribution is 2.30. The molecule has 0 radical (unpaired) electrons. The number of nitrogens with zero attached hydrogens (tertiary/aromatic N) is 2. The summed E-state index contributed by atoms with van der Waals surface area (Å²) in [7, 11) is 3.01. The van der Waals surface area contributed by atoms with Crippen LogP contribution in [0.1, 0.15) is 16.1 Å². The van der Waals surface area contributed by atoms with Gasteiger partial charge in [-0.3, -0.25) is 9.59 Å². The average Bonchev–Trinajstić information content (AvgIpc) is 3.28. The van der Waals surface area contributed by atoms with Crippen LogP contribution in [0.4, 0.5) is 5.69 Å². The Morgan fingerprint density at radius 3 is 2.55 bits per heavy atom. The maximum atomic E-state index is 12.8. The van der Waals surface area contributed by atoms with Gasteiger partial charge in [-0.1, -0.05) is 29.3 Å². The van der Waals surface area contributed by atoms with Crippen LogP contribution in [-0.4, -0.2) is 42.4 Å². The van der Waals surface area contributed by atoms with Gasteiger partial charge < -0.3 is 19.7 Å². The van der Waals surface area contributed by atoms with Crippen LogP contribution in [0.3, 0.4) is 0 Å². The zero-order valence-corrected chi connectivity index (χ0v) is 19.1. The molecular weight excluding hydrogens is 461 g/mol. The molecule has 3 aromatic rings. The Labute approximate surface area is 193 Å². The van der Waals surface area contributed by atoms with Crippen LogP contribution in [-0.2, 0) is 11.4 Å². The lowest BCUT2D eigenvalue weighted by molar-refractivity contribution is -0.116.